The Kier molecular flexibility index (Phi) is 3.36. The largest absolute Gasteiger partial charge is 0.330 e. The van der Waals surface area contributed by atoms with Crippen LogP contribution in [0.25, 0.3) is 0 Å². The van der Waals surface area contributed by atoms with Crippen LogP contribution >= 0.6 is 0 Å². The van der Waals surface area contributed by atoms with Crippen molar-refractivity contribution in [2.75, 3.05) is 13.1 Å². The molecule has 15 heavy (non-hydrogen) atoms. The van der Waals surface area contributed by atoms with E-state index in [2.05, 4.69) is 18.7 Å². The molecule has 88 valence electrons. The lowest BCUT2D eigenvalue weighted by Gasteiger charge is -2.44. The highest BCUT2D eigenvalue weighted by molar-refractivity contribution is 4.95. The monoisotopic (exact) mass is 210 g/mol. The second kappa shape index (κ2) is 4.42. The number of hydrogen-bond donors (Lipinski definition) is 1. The van der Waals surface area contributed by atoms with Crippen LogP contribution in [0.2, 0.25) is 0 Å². The van der Waals surface area contributed by atoms with Crippen molar-refractivity contribution in [3.05, 3.63) is 0 Å². The van der Waals surface area contributed by atoms with Crippen LogP contribution < -0.4 is 5.73 Å². The summed E-state index contributed by atoms with van der Waals surface area (Å²) < 4.78 is 0. The summed E-state index contributed by atoms with van der Waals surface area (Å²) in [6.07, 6.45) is 8.28. The SMILES string of the molecule is CC1(C)CCCN1C1CCCCC1CN. The van der Waals surface area contributed by atoms with E-state index in [0.717, 1.165) is 18.5 Å². The van der Waals surface area contributed by atoms with Crippen LogP contribution in [0.1, 0.15) is 52.4 Å². The van der Waals surface area contributed by atoms with Gasteiger partial charge in [0, 0.05) is 11.6 Å². The third-order valence-electron chi connectivity index (χ3n) is 4.54. The molecule has 1 aliphatic carbocycles. The third kappa shape index (κ3) is 2.21. The van der Waals surface area contributed by atoms with Crippen LogP contribution in [0.4, 0.5) is 0 Å². The number of rotatable bonds is 2. The maximum atomic E-state index is 5.92. The molecular formula is C13H26N2. The Morgan fingerprint density at radius 3 is 2.53 bits per heavy atom. The molecule has 0 bridgehead atoms. The van der Waals surface area contributed by atoms with E-state index in [1.165, 1.54) is 45.1 Å². The van der Waals surface area contributed by atoms with Gasteiger partial charge in [-0.2, -0.15) is 0 Å². The fourth-order valence-electron chi connectivity index (χ4n) is 3.62. The fraction of sp³-hybridized carbons (Fsp3) is 1.00. The molecule has 1 heterocycles. The maximum Gasteiger partial charge on any atom is 0.0156 e. The van der Waals surface area contributed by atoms with Crippen LogP contribution in [0.3, 0.4) is 0 Å². The van der Waals surface area contributed by atoms with Gasteiger partial charge >= 0.3 is 0 Å². The zero-order chi connectivity index (χ0) is 10.9. The molecule has 2 heteroatoms. The van der Waals surface area contributed by atoms with Crippen molar-refractivity contribution in [1.82, 2.24) is 4.90 Å². The second-order valence-corrected chi connectivity index (χ2v) is 5.96. The molecule has 0 aromatic rings. The highest BCUT2D eigenvalue weighted by Crippen LogP contribution is 2.37. The van der Waals surface area contributed by atoms with Gasteiger partial charge in [-0.3, -0.25) is 4.90 Å². The van der Waals surface area contributed by atoms with Crippen LogP contribution in [-0.2, 0) is 0 Å². The minimum atomic E-state index is 0.426. The smallest absolute Gasteiger partial charge is 0.0156 e. The lowest BCUT2D eigenvalue weighted by atomic mass is 9.82. The lowest BCUT2D eigenvalue weighted by Crippen LogP contribution is -2.51. The highest BCUT2D eigenvalue weighted by Gasteiger charge is 2.40. The predicted octanol–water partition coefficient (Wildman–Crippen LogP) is 2.38. The number of nitrogens with two attached hydrogens (primary N) is 1. The summed E-state index contributed by atoms with van der Waals surface area (Å²) in [5.74, 6) is 0.760. The van der Waals surface area contributed by atoms with Crippen molar-refractivity contribution in [1.29, 1.82) is 0 Å². The van der Waals surface area contributed by atoms with E-state index in [4.69, 9.17) is 5.73 Å². The Morgan fingerprint density at radius 1 is 1.20 bits per heavy atom. The van der Waals surface area contributed by atoms with E-state index < -0.39 is 0 Å². The summed E-state index contributed by atoms with van der Waals surface area (Å²) in [5, 5.41) is 0. The third-order valence-corrected chi connectivity index (χ3v) is 4.54. The second-order valence-electron chi connectivity index (χ2n) is 5.96. The molecule has 0 amide bonds. The Morgan fingerprint density at radius 2 is 1.93 bits per heavy atom. The summed E-state index contributed by atoms with van der Waals surface area (Å²) in [6, 6.07) is 0.779. The molecule has 0 aromatic heterocycles. The first-order valence-corrected chi connectivity index (χ1v) is 6.62. The molecule has 0 radical (unpaired) electrons. The zero-order valence-corrected chi connectivity index (χ0v) is 10.3. The van der Waals surface area contributed by atoms with Crippen LogP contribution in [0, 0.1) is 5.92 Å². The van der Waals surface area contributed by atoms with Gasteiger partial charge < -0.3 is 5.73 Å². The minimum absolute atomic E-state index is 0.426. The van der Waals surface area contributed by atoms with Gasteiger partial charge in [0.25, 0.3) is 0 Å². The van der Waals surface area contributed by atoms with Gasteiger partial charge in [0.2, 0.25) is 0 Å². The minimum Gasteiger partial charge on any atom is -0.330 e. The van der Waals surface area contributed by atoms with Crippen molar-refractivity contribution in [3.63, 3.8) is 0 Å². The van der Waals surface area contributed by atoms with Crippen molar-refractivity contribution < 1.29 is 0 Å². The first-order valence-electron chi connectivity index (χ1n) is 6.62. The molecule has 2 atom stereocenters. The van der Waals surface area contributed by atoms with E-state index in [9.17, 15) is 0 Å². The maximum absolute atomic E-state index is 5.92. The number of likely N-dealkylation sites (tertiary alicyclic amines) is 1. The molecule has 2 rings (SSSR count). The molecule has 2 nitrogen and oxygen atoms in total. The first-order chi connectivity index (χ1) is 7.15. The van der Waals surface area contributed by atoms with E-state index in [-0.39, 0.29) is 0 Å². The summed E-state index contributed by atoms with van der Waals surface area (Å²) in [5.41, 5.74) is 6.35. The molecule has 2 N–H and O–H groups in total. The van der Waals surface area contributed by atoms with Crippen molar-refractivity contribution >= 4 is 0 Å². The van der Waals surface area contributed by atoms with E-state index in [1.807, 2.05) is 0 Å². The summed E-state index contributed by atoms with van der Waals surface area (Å²) in [4.78, 5) is 2.75. The number of nitrogens with zero attached hydrogens (tertiary/aromatic N) is 1. The van der Waals surface area contributed by atoms with Crippen molar-refractivity contribution in [2.45, 2.75) is 64.0 Å². The molecule has 0 spiro atoms. The fourth-order valence-corrected chi connectivity index (χ4v) is 3.62. The van der Waals surface area contributed by atoms with Crippen molar-refractivity contribution in [2.24, 2.45) is 11.7 Å². The standard InChI is InChI=1S/C13H26N2/c1-13(2)8-5-9-15(13)12-7-4-3-6-11(12)10-14/h11-12H,3-10,14H2,1-2H3. The quantitative estimate of drug-likeness (QED) is 0.758. The molecule has 2 unspecified atom stereocenters. The molecule has 1 saturated heterocycles. The van der Waals surface area contributed by atoms with E-state index in [0.29, 0.717) is 5.54 Å². The summed E-state index contributed by atoms with van der Waals surface area (Å²) >= 11 is 0. The lowest BCUT2D eigenvalue weighted by molar-refractivity contribution is 0.0541. The topological polar surface area (TPSA) is 29.3 Å². The average molecular weight is 210 g/mol. The number of hydrogen-bond acceptors (Lipinski definition) is 2. The predicted molar refractivity (Wildman–Crippen MR) is 64.8 cm³/mol. The molecule has 1 aliphatic heterocycles. The van der Waals surface area contributed by atoms with Crippen molar-refractivity contribution in [3.8, 4) is 0 Å². The van der Waals surface area contributed by atoms with Gasteiger partial charge in [0.1, 0.15) is 0 Å². The molecule has 2 aliphatic rings. The normalized spacial score (nSPS) is 37.0. The summed E-state index contributed by atoms with van der Waals surface area (Å²) in [6.45, 7) is 7.00. The van der Waals surface area contributed by atoms with Gasteiger partial charge in [0.15, 0.2) is 0 Å². The van der Waals surface area contributed by atoms with Gasteiger partial charge in [-0.25, -0.2) is 0 Å². The van der Waals surface area contributed by atoms with Gasteiger partial charge in [-0.1, -0.05) is 12.8 Å². The summed E-state index contributed by atoms with van der Waals surface area (Å²) in [7, 11) is 0. The van der Waals surface area contributed by atoms with Crippen LogP contribution in [0.15, 0.2) is 0 Å². The van der Waals surface area contributed by atoms with Gasteiger partial charge in [-0.05, 0) is 58.5 Å². The Balaban J connectivity index is 2.07. The Labute approximate surface area is 94.2 Å². The van der Waals surface area contributed by atoms with E-state index >= 15 is 0 Å². The highest BCUT2D eigenvalue weighted by atomic mass is 15.2. The zero-order valence-electron chi connectivity index (χ0n) is 10.3. The molecule has 0 aromatic carbocycles. The first kappa shape index (κ1) is 11.4. The van der Waals surface area contributed by atoms with Crippen LogP contribution in [-0.4, -0.2) is 29.6 Å². The van der Waals surface area contributed by atoms with Gasteiger partial charge in [0.05, 0.1) is 0 Å². The molecule has 1 saturated carbocycles. The molecular weight excluding hydrogens is 184 g/mol. The van der Waals surface area contributed by atoms with Gasteiger partial charge in [-0.15, -0.1) is 0 Å². The van der Waals surface area contributed by atoms with E-state index in [1.54, 1.807) is 0 Å². The molecule has 2 fully saturated rings. The Bertz CT molecular complexity index is 213. The average Bonchev–Trinajstić information content (AvgIpc) is 2.58. The Hall–Kier alpha value is -0.0800. The van der Waals surface area contributed by atoms with Crippen LogP contribution in [0.5, 0.6) is 0 Å².